The largest absolute Gasteiger partial charge is 0.348 e. The van der Waals surface area contributed by atoms with Crippen LogP contribution in [0.25, 0.3) is 0 Å². The lowest BCUT2D eigenvalue weighted by molar-refractivity contribution is 0.0951. The molecule has 3 rings (SSSR count). The predicted molar refractivity (Wildman–Crippen MR) is 90.1 cm³/mol. The number of imidazole rings is 1. The molecule has 1 aromatic heterocycles. The van der Waals surface area contributed by atoms with Crippen LogP contribution in [0.15, 0.2) is 60.9 Å². The quantitative estimate of drug-likeness (QED) is 0.783. The molecule has 1 amide bonds. The molecule has 122 valence electrons. The molecule has 5 heteroatoms. The van der Waals surface area contributed by atoms with Crippen LogP contribution in [0.4, 0.5) is 4.39 Å². The Bertz CT molecular complexity index is 823. The van der Waals surface area contributed by atoms with Gasteiger partial charge in [0.2, 0.25) is 0 Å². The molecule has 0 saturated heterocycles. The number of aryl methyl sites for hydroxylation is 1. The van der Waals surface area contributed by atoms with Crippen LogP contribution in [-0.4, -0.2) is 15.5 Å². The topological polar surface area (TPSA) is 46.9 Å². The van der Waals surface area contributed by atoms with Gasteiger partial charge < -0.3 is 9.88 Å². The molecule has 0 aliphatic rings. The maximum absolute atomic E-state index is 12.9. The van der Waals surface area contributed by atoms with E-state index in [1.54, 1.807) is 18.3 Å². The maximum Gasteiger partial charge on any atom is 0.251 e. The van der Waals surface area contributed by atoms with Gasteiger partial charge in [0.15, 0.2) is 0 Å². The molecule has 0 radical (unpaired) electrons. The number of aromatic nitrogens is 2. The third-order valence-corrected chi connectivity index (χ3v) is 3.86. The summed E-state index contributed by atoms with van der Waals surface area (Å²) in [6.45, 7) is 3.05. The number of nitrogens with zero attached hydrogens (tertiary/aromatic N) is 2. The van der Waals surface area contributed by atoms with Crippen molar-refractivity contribution < 1.29 is 9.18 Å². The molecule has 4 nitrogen and oxygen atoms in total. The van der Waals surface area contributed by atoms with Gasteiger partial charge in [-0.05, 0) is 42.3 Å². The fourth-order valence-corrected chi connectivity index (χ4v) is 2.42. The number of nitrogens with one attached hydrogen (secondary N) is 1. The van der Waals surface area contributed by atoms with Crippen LogP contribution >= 0.6 is 0 Å². The highest BCUT2D eigenvalue weighted by atomic mass is 19.1. The van der Waals surface area contributed by atoms with E-state index in [9.17, 15) is 9.18 Å². The van der Waals surface area contributed by atoms with Crippen LogP contribution in [-0.2, 0) is 13.1 Å². The molecule has 3 aromatic rings. The number of hydrogen-bond acceptors (Lipinski definition) is 2. The van der Waals surface area contributed by atoms with E-state index in [1.807, 2.05) is 42.0 Å². The monoisotopic (exact) mass is 323 g/mol. The van der Waals surface area contributed by atoms with E-state index in [0.29, 0.717) is 12.1 Å². The first kappa shape index (κ1) is 15.9. The summed E-state index contributed by atoms with van der Waals surface area (Å²) >= 11 is 0. The average Bonchev–Trinajstić information content (AvgIpc) is 3.00. The van der Waals surface area contributed by atoms with E-state index in [4.69, 9.17) is 0 Å². The van der Waals surface area contributed by atoms with Crippen LogP contribution in [0.3, 0.4) is 0 Å². The van der Waals surface area contributed by atoms with Crippen molar-refractivity contribution in [3.8, 4) is 0 Å². The summed E-state index contributed by atoms with van der Waals surface area (Å²) < 4.78 is 14.9. The van der Waals surface area contributed by atoms with E-state index >= 15 is 0 Å². The van der Waals surface area contributed by atoms with Gasteiger partial charge in [0.05, 0.1) is 0 Å². The van der Waals surface area contributed by atoms with Crippen molar-refractivity contribution in [2.45, 2.75) is 20.0 Å². The van der Waals surface area contributed by atoms with Crippen molar-refractivity contribution in [2.75, 3.05) is 0 Å². The molecule has 0 atom stereocenters. The zero-order valence-electron chi connectivity index (χ0n) is 13.4. The zero-order chi connectivity index (χ0) is 16.9. The second-order valence-corrected chi connectivity index (χ2v) is 5.61. The van der Waals surface area contributed by atoms with Crippen LogP contribution in [0.5, 0.6) is 0 Å². The highest BCUT2D eigenvalue weighted by Gasteiger charge is 2.06. The molecule has 0 aliphatic carbocycles. The molecule has 24 heavy (non-hydrogen) atoms. The molecule has 0 unspecified atom stereocenters. The maximum atomic E-state index is 12.9. The molecular formula is C19H18FN3O. The molecule has 1 heterocycles. The second-order valence-electron chi connectivity index (χ2n) is 5.61. The van der Waals surface area contributed by atoms with Gasteiger partial charge in [-0.1, -0.05) is 24.3 Å². The third-order valence-electron chi connectivity index (χ3n) is 3.86. The van der Waals surface area contributed by atoms with E-state index in [0.717, 1.165) is 23.5 Å². The lowest BCUT2D eigenvalue weighted by Gasteiger charge is -2.08. The van der Waals surface area contributed by atoms with Crippen molar-refractivity contribution in [2.24, 2.45) is 0 Å². The number of amides is 1. The van der Waals surface area contributed by atoms with Gasteiger partial charge in [-0.2, -0.15) is 0 Å². The number of carbonyl (C=O) groups excluding carboxylic acids is 1. The van der Waals surface area contributed by atoms with E-state index in [-0.39, 0.29) is 11.7 Å². The molecule has 1 N–H and O–H groups in total. The Morgan fingerprint density at radius 1 is 1.08 bits per heavy atom. The number of carbonyl (C=O) groups is 1. The smallest absolute Gasteiger partial charge is 0.251 e. The lowest BCUT2D eigenvalue weighted by atomic mass is 10.1. The van der Waals surface area contributed by atoms with Gasteiger partial charge in [0.25, 0.3) is 5.91 Å². The van der Waals surface area contributed by atoms with E-state index in [1.165, 1.54) is 12.1 Å². The SMILES string of the molecule is Cc1nccn1Cc1ccc(C(=O)NCc2ccc(F)cc2)cc1. The zero-order valence-corrected chi connectivity index (χ0v) is 13.4. The summed E-state index contributed by atoms with van der Waals surface area (Å²) in [5.74, 6) is 0.523. The minimum atomic E-state index is -0.284. The van der Waals surface area contributed by atoms with Crippen molar-refractivity contribution in [1.82, 2.24) is 14.9 Å². The van der Waals surface area contributed by atoms with Crippen LogP contribution < -0.4 is 5.32 Å². The average molecular weight is 323 g/mol. The highest BCUT2D eigenvalue weighted by Crippen LogP contribution is 2.09. The Morgan fingerprint density at radius 2 is 1.75 bits per heavy atom. The Labute approximate surface area is 140 Å². The first-order chi connectivity index (χ1) is 11.6. The summed E-state index contributed by atoms with van der Waals surface area (Å²) in [4.78, 5) is 16.4. The lowest BCUT2D eigenvalue weighted by Crippen LogP contribution is -2.22. The fraction of sp³-hybridized carbons (Fsp3) is 0.158. The molecule has 0 spiro atoms. The molecule has 2 aromatic carbocycles. The van der Waals surface area contributed by atoms with E-state index < -0.39 is 0 Å². The highest BCUT2D eigenvalue weighted by molar-refractivity contribution is 5.94. The van der Waals surface area contributed by atoms with Gasteiger partial charge in [0, 0.05) is 31.0 Å². The Kier molecular flexibility index (Phi) is 4.70. The predicted octanol–water partition coefficient (Wildman–Crippen LogP) is 3.31. The van der Waals surface area contributed by atoms with Gasteiger partial charge in [-0.15, -0.1) is 0 Å². The van der Waals surface area contributed by atoms with Gasteiger partial charge in [0.1, 0.15) is 11.6 Å². The summed E-state index contributed by atoms with van der Waals surface area (Å²) in [6, 6.07) is 13.6. The molecular weight excluding hydrogens is 305 g/mol. The minimum absolute atomic E-state index is 0.148. The van der Waals surface area contributed by atoms with Crippen molar-refractivity contribution in [1.29, 1.82) is 0 Å². The number of hydrogen-bond donors (Lipinski definition) is 1. The van der Waals surface area contributed by atoms with Crippen molar-refractivity contribution in [3.05, 3.63) is 89.3 Å². The van der Waals surface area contributed by atoms with Crippen LogP contribution in [0.2, 0.25) is 0 Å². The van der Waals surface area contributed by atoms with Crippen LogP contribution in [0, 0.1) is 12.7 Å². The van der Waals surface area contributed by atoms with Crippen molar-refractivity contribution in [3.63, 3.8) is 0 Å². The Morgan fingerprint density at radius 3 is 2.38 bits per heavy atom. The molecule has 0 fully saturated rings. The van der Waals surface area contributed by atoms with Gasteiger partial charge in [-0.25, -0.2) is 9.37 Å². The second kappa shape index (κ2) is 7.08. The first-order valence-electron chi connectivity index (χ1n) is 7.71. The van der Waals surface area contributed by atoms with Gasteiger partial charge >= 0.3 is 0 Å². The minimum Gasteiger partial charge on any atom is -0.348 e. The standard InChI is InChI=1S/C19H18FN3O/c1-14-21-10-11-23(14)13-16-2-6-17(7-3-16)19(24)22-12-15-4-8-18(20)9-5-15/h2-11H,12-13H2,1H3,(H,22,24). The normalized spacial score (nSPS) is 10.6. The van der Waals surface area contributed by atoms with E-state index in [2.05, 4.69) is 10.3 Å². The van der Waals surface area contributed by atoms with Crippen molar-refractivity contribution >= 4 is 5.91 Å². The van der Waals surface area contributed by atoms with Crippen LogP contribution in [0.1, 0.15) is 27.3 Å². The third kappa shape index (κ3) is 3.87. The number of rotatable bonds is 5. The number of benzene rings is 2. The Hall–Kier alpha value is -2.95. The summed E-state index contributed by atoms with van der Waals surface area (Å²) in [6.07, 6.45) is 3.70. The summed E-state index contributed by atoms with van der Waals surface area (Å²) in [5.41, 5.74) is 2.56. The summed E-state index contributed by atoms with van der Waals surface area (Å²) in [7, 11) is 0. The number of halogens is 1. The van der Waals surface area contributed by atoms with Gasteiger partial charge in [-0.3, -0.25) is 4.79 Å². The molecule has 0 aliphatic heterocycles. The first-order valence-corrected chi connectivity index (χ1v) is 7.71. The Balaban J connectivity index is 1.59. The summed E-state index contributed by atoms with van der Waals surface area (Å²) in [5, 5.41) is 2.83. The molecule has 0 saturated carbocycles. The fourth-order valence-electron chi connectivity index (χ4n) is 2.42. The molecule has 0 bridgehead atoms.